The number of carbonyl (C=O) groups is 2. The van der Waals surface area contributed by atoms with Crippen LogP contribution in [0, 0.1) is 17.0 Å². The Morgan fingerprint density at radius 1 is 1.05 bits per heavy atom. The van der Waals surface area contributed by atoms with Crippen molar-refractivity contribution in [3.63, 3.8) is 0 Å². The van der Waals surface area contributed by atoms with E-state index in [1.165, 1.54) is 56.2 Å². The second kappa shape index (κ2) is 14.9. The zero-order chi connectivity index (χ0) is 32.8. The molecule has 2 amide bonds. The Morgan fingerprint density at radius 3 is 2.36 bits per heavy atom. The van der Waals surface area contributed by atoms with Crippen LogP contribution in [0.3, 0.4) is 0 Å². The van der Waals surface area contributed by atoms with Crippen LogP contribution in [0.4, 0.5) is 11.4 Å². The number of rotatable bonds is 13. The predicted molar refractivity (Wildman–Crippen MR) is 170 cm³/mol. The van der Waals surface area contributed by atoms with Crippen LogP contribution in [0.25, 0.3) is 0 Å². The molecule has 11 nitrogen and oxygen atoms in total. The molecule has 0 fully saturated rings. The monoisotopic (exact) mass is 684 g/mol. The van der Waals surface area contributed by atoms with Crippen LogP contribution in [-0.2, 0) is 26.2 Å². The van der Waals surface area contributed by atoms with Gasteiger partial charge in [-0.15, -0.1) is 0 Å². The molecule has 3 rings (SSSR count). The summed E-state index contributed by atoms with van der Waals surface area (Å²) in [6, 6.07) is 11.3. The number of methoxy groups -OCH3 is 1. The van der Waals surface area contributed by atoms with E-state index >= 15 is 0 Å². The summed E-state index contributed by atoms with van der Waals surface area (Å²) in [5, 5.41) is 15.0. The van der Waals surface area contributed by atoms with Crippen LogP contribution in [0.15, 0.2) is 59.5 Å². The molecule has 236 valence electrons. The first-order valence-electron chi connectivity index (χ1n) is 13.3. The predicted octanol–water partition coefficient (Wildman–Crippen LogP) is 6.01. The maximum absolute atomic E-state index is 14.2. The number of amides is 2. The van der Waals surface area contributed by atoms with E-state index < -0.39 is 49.9 Å². The average Bonchev–Trinajstić information content (AvgIpc) is 2.98. The zero-order valence-corrected chi connectivity index (χ0v) is 27.4. The number of halogens is 3. The molecule has 0 saturated heterocycles. The maximum atomic E-state index is 14.2. The largest absolute Gasteiger partial charge is 0.495 e. The van der Waals surface area contributed by atoms with Crippen molar-refractivity contribution in [3.8, 4) is 5.75 Å². The normalized spacial score (nSPS) is 11.9. The van der Waals surface area contributed by atoms with Crippen molar-refractivity contribution >= 4 is 68.0 Å². The molecular formula is C29H31Cl3N4O7S. The summed E-state index contributed by atoms with van der Waals surface area (Å²) in [5.74, 6) is -1.15. The van der Waals surface area contributed by atoms with Gasteiger partial charge in [0.2, 0.25) is 11.8 Å². The summed E-state index contributed by atoms with van der Waals surface area (Å²) in [4.78, 5) is 38.8. The number of nitrogens with one attached hydrogen (secondary N) is 1. The van der Waals surface area contributed by atoms with Gasteiger partial charge in [0.05, 0.1) is 32.7 Å². The number of anilines is 1. The highest BCUT2D eigenvalue weighted by Crippen LogP contribution is 2.36. The second-order valence-corrected chi connectivity index (χ2v) is 12.9. The quantitative estimate of drug-likeness (QED) is 0.172. The molecule has 0 unspecified atom stereocenters. The molecule has 1 atom stereocenters. The Labute approximate surface area is 270 Å². The van der Waals surface area contributed by atoms with Gasteiger partial charge in [0.15, 0.2) is 0 Å². The van der Waals surface area contributed by atoms with Crippen molar-refractivity contribution in [3.05, 3.63) is 90.9 Å². The van der Waals surface area contributed by atoms with Crippen molar-refractivity contribution in [1.82, 2.24) is 10.2 Å². The van der Waals surface area contributed by atoms with E-state index in [9.17, 15) is 28.1 Å². The van der Waals surface area contributed by atoms with Gasteiger partial charge >= 0.3 is 0 Å². The van der Waals surface area contributed by atoms with E-state index in [1.54, 1.807) is 18.2 Å². The summed E-state index contributed by atoms with van der Waals surface area (Å²) in [5.41, 5.74) is 0.274. The lowest BCUT2D eigenvalue weighted by Gasteiger charge is -2.32. The first-order chi connectivity index (χ1) is 20.7. The first kappa shape index (κ1) is 34.9. The fraction of sp³-hybridized carbons (Fsp3) is 0.310. The van der Waals surface area contributed by atoms with Crippen LogP contribution in [-0.4, -0.2) is 56.3 Å². The van der Waals surface area contributed by atoms with Gasteiger partial charge in [-0.1, -0.05) is 53.9 Å². The molecule has 0 heterocycles. The average molecular weight is 686 g/mol. The molecule has 0 aliphatic heterocycles. The second-order valence-electron chi connectivity index (χ2n) is 9.77. The van der Waals surface area contributed by atoms with Gasteiger partial charge in [-0.2, -0.15) is 0 Å². The number of carbonyl (C=O) groups excluding carboxylic acids is 2. The molecule has 0 aromatic heterocycles. The van der Waals surface area contributed by atoms with Crippen LogP contribution in [0.1, 0.15) is 31.4 Å². The Bertz CT molecular complexity index is 1670. The molecule has 3 aromatic rings. The highest BCUT2D eigenvalue weighted by atomic mass is 35.5. The van der Waals surface area contributed by atoms with Crippen LogP contribution < -0.4 is 14.4 Å². The number of hydrogen-bond donors (Lipinski definition) is 1. The Balaban J connectivity index is 2.16. The molecule has 0 aliphatic carbocycles. The van der Waals surface area contributed by atoms with Gasteiger partial charge in [0.1, 0.15) is 18.3 Å². The SMILES string of the molecule is CCCNC(=O)[C@H](C)N(Cc1ccc(Cl)c(Cl)c1)C(=O)CN(c1cc(Cl)ccc1OC)S(=O)(=O)c1ccc(C)c([N+](=O)[O-])c1. The summed E-state index contributed by atoms with van der Waals surface area (Å²) < 4.78 is 34.5. The van der Waals surface area contributed by atoms with E-state index in [2.05, 4.69) is 5.32 Å². The molecule has 1 N–H and O–H groups in total. The fourth-order valence-electron chi connectivity index (χ4n) is 4.26. The van der Waals surface area contributed by atoms with Crippen molar-refractivity contribution < 1.29 is 27.7 Å². The van der Waals surface area contributed by atoms with Crippen molar-refractivity contribution in [1.29, 1.82) is 0 Å². The molecule has 44 heavy (non-hydrogen) atoms. The number of benzene rings is 3. The van der Waals surface area contributed by atoms with Crippen LogP contribution >= 0.6 is 34.8 Å². The number of ether oxygens (including phenoxy) is 1. The number of hydrogen-bond acceptors (Lipinski definition) is 7. The summed E-state index contributed by atoms with van der Waals surface area (Å²) in [6.07, 6.45) is 0.655. The van der Waals surface area contributed by atoms with E-state index in [0.29, 0.717) is 23.6 Å². The minimum Gasteiger partial charge on any atom is -0.495 e. The third kappa shape index (κ3) is 8.12. The molecular weight excluding hydrogens is 655 g/mol. The lowest BCUT2D eigenvalue weighted by atomic mass is 10.1. The van der Waals surface area contributed by atoms with E-state index in [4.69, 9.17) is 39.5 Å². The highest BCUT2D eigenvalue weighted by Gasteiger charge is 2.35. The Morgan fingerprint density at radius 2 is 1.75 bits per heavy atom. The van der Waals surface area contributed by atoms with Crippen molar-refractivity contribution in [2.75, 3.05) is 24.5 Å². The molecule has 0 spiro atoms. The minimum absolute atomic E-state index is 0.0668. The van der Waals surface area contributed by atoms with Crippen molar-refractivity contribution in [2.45, 2.75) is 44.7 Å². The number of sulfonamides is 1. The van der Waals surface area contributed by atoms with E-state index in [0.717, 1.165) is 10.4 Å². The van der Waals surface area contributed by atoms with Crippen LogP contribution in [0.5, 0.6) is 5.75 Å². The molecule has 3 aromatic carbocycles. The van der Waals surface area contributed by atoms with Crippen molar-refractivity contribution in [2.24, 2.45) is 0 Å². The van der Waals surface area contributed by atoms with E-state index in [-0.39, 0.29) is 33.6 Å². The maximum Gasteiger partial charge on any atom is 0.273 e. The third-order valence-electron chi connectivity index (χ3n) is 6.71. The number of nitro benzene ring substituents is 1. The van der Waals surface area contributed by atoms with Crippen LogP contribution in [0.2, 0.25) is 15.1 Å². The molecule has 0 saturated carbocycles. The van der Waals surface area contributed by atoms with Gasteiger partial charge in [-0.3, -0.25) is 24.0 Å². The standard InChI is InChI=1S/C29H31Cl3N4O7S/c1-5-12-33-29(38)19(3)34(16-20-7-10-23(31)24(32)13-20)28(37)17-35(26-14-21(30)8-11-27(26)43-4)44(41,42)22-9-6-18(2)25(15-22)36(39)40/h6-11,13-15,19H,5,12,16-17H2,1-4H3,(H,33,38)/t19-/m0/s1. The van der Waals surface area contributed by atoms with Gasteiger partial charge in [-0.25, -0.2) is 8.42 Å². The molecule has 15 heteroatoms. The summed E-state index contributed by atoms with van der Waals surface area (Å²) >= 11 is 18.5. The lowest BCUT2D eigenvalue weighted by Crippen LogP contribution is -2.51. The molecule has 0 radical (unpaired) electrons. The van der Waals surface area contributed by atoms with Gasteiger partial charge in [0.25, 0.3) is 15.7 Å². The Hall–Kier alpha value is -3.58. The summed E-state index contributed by atoms with van der Waals surface area (Å²) in [7, 11) is -3.33. The van der Waals surface area contributed by atoms with Gasteiger partial charge in [-0.05, 0) is 62.2 Å². The lowest BCUT2D eigenvalue weighted by molar-refractivity contribution is -0.385. The van der Waals surface area contributed by atoms with Gasteiger partial charge in [0, 0.05) is 29.7 Å². The van der Waals surface area contributed by atoms with Gasteiger partial charge < -0.3 is 15.0 Å². The Kier molecular flexibility index (Phi) is 11.8. The first-order valence-corrected chi connectivity index (χ1v) is 15.9. The minimum atomic E-state index is -4.65. The summed E-state index contributed by atoms with van der Waals surface area (Å²) in [6.45, 7) is 4.30. The third-order valence-corrected chi connectivity index (χ3v) is 9.44. The smallest absolute Gasteiger partial charge is 0.273 e. The number of aryl methyl sites for hydroxylation is 1. The fourth-order valence-corrected chi connectivity index (χ4v) is 6.18. The number of nitrogens with zero attached hydrogens (tertiary/aromatic N) is 3. The molecule has 0 bridgehead atoms. The molecule has 0 aliphatic rings. The highest BCUT2D eigenvalue weighted by molar-refractivity contribution is 7.92. The number of nitro groups is 1. The topological polar surface area (TPSA) is 139 Å². The zero-order valence-electron chi connectivity index (χ0n) is 24.3. The van der Waals surface area contributed by atoms with E-state index in [1.807, 2.05) is 6.92 Å².